The normalized spacial score (nSPS) is 12.4. The highest BCUT2D eigenvalue weighted by molar-refractivity contribution is 8.00. The Labute approximate surface area is 133 Å². The topological polar surface area (TPSA) is 58.2 Å². The van der Waals surface area contributed by atoms with Crippen LogP contribution in [-0.2, 0) is 10.0 Å². The zero-order valence-corrected chi connectivity index (χ0v) is 14.9. The van der Waals surface area contributed by atoms with Crippen molar-refractivity contribution >= 4 is 27.5 Å². The second-order valence-electron chi connectivity index (χ2n) is 4.95. The molecule has 0 fully saturated rings. The number of benzene rings is 1. The van der Waals surface area contributed by atoms with Crippen LogP contribution in [0.25, 0.3) is 0 Å². The van der Waals surface area contributed by atoms with Crippen molar-refractivity contribution in [1.82, 2.24) is 4.72 Å². The second-order valence-corrected chi connectivity index (χ2v) is 7.95. The molecule has 0 aromatic heterocycles. The van der Waals surface area contributed by atoms with Gasteiger partial charge in [-0.15, -0.1) is 0 Å². The first-order valence-electron chi connectivity index (χ1n) is 7.32. The number of para-hydroxylation sites is 1. The molecule has 0 atom stereocenters. The van der Waals surface area contributed by atoms with E-state index in [1.807, 2.05) is 23.9 Å². The van der Waals surface area contributed by atoms with E-state index in [0.717, 1.165) is 19.4 Å². The lowest BCUT2D eigenvalue weighted by Crippen LogP contribution is -2.32. The third-order valence-electron chi connectivity index (χ3n) is 3.83. The Morgan fingerprint density at radius 3 is 2.29 bits per heavy atom. The lowest BCUT2D eigenvalue weighted by Gasteiger charge is -2.30. The molecule has 0 unspecified atom stereocenters. The highest BCUT2D eigenvalue weighted by atomic mass is 32.2. The first-order chi connectivity index (χ1) is 9.94. The van der Waals surface area contributed by atoms with Gasteiger partial charge in [0.15, 0.2) is 0 Å². The van der Waals surface area contributed by atoms with Gasteiger partial charge in [-0.1, -0.05) is 32.9 Å². The molecule has 1 rings (SSSR count). The maximum absolute atomic E-state index is 12.2. The molecular formula is C15H26N2O2S2. The van der Waals surface area contributed by atoms with Gasteiger partial charge in [0, 0.05) is 17.8 Å². The van der Waals surface area contributed by atoms with E-state index in [1.165, 1.54) is 0 Å². The summed E-state index contributed by atoms with van der Waals surface area (Å²) in [6, 6.07) is 7.06. The molecule has 6 heteroatoms. The molecule has 1 aromatic rings. The Hall–Kier alpha value is -0.720. The summed E-state index contributed by atoms with van der Waals surface area (Å²) in [7, 11) is -3.45. The van der Waals surface area contributed by atoms with E-state index in [0.29, 0.717) is 17.1 Å². The molecule has 4 nitrogen and oxygen atoms in total. The quantitative estimate of drug-likeness (QED) is 0.729. The first kappa shape index (κ1) is 18.3. The largest absolute Gasteiger partial charge is 0.383 e. The molecule has 1 aromatic carbocycles. The molecule has 0 aliphatic heterocycles. The predicted molar refractivity (Wildman–Crippen MR) is 92.6 cm³/mol. The molecule has 21 heavy (non-hydrogen) atoms. The molecule has 0 aliphatic rings. The van der Waals surface area contributed by atoms with Crippen molar-refractivity contribution < 1.29 is 8.42 Å². The Morgan fingerprint density at radius 2 is 1.76 bits per heavy atom. The highest BCUT2D eigenvalue weighted by Crippen LogP contribution is 2.31. The van der Waals surface area contributed by atoms with Crippen molar-refractivity contribution in [3.8, 4) is 0 Å². The minimum atomic E-state index is -3.45. The van der Waals surface area contributed by atoms with Gasteiger partial charge in [0.2, 0.25) is 10.0 Å². The summed E-state index contributed by atoms with van der Waals surface area (Å²) in [6.07, 6.45) is 4.19. The summed E-state index contributed by atoms with van der Waals surface area (Å²) in [5.74, 6) is 0. The molecule has 0 bridgehead atoms. The van der Waals surface area contributed by atoms with Crippen LogP contribution in [0.5, 0.6) is 0 Å². The van der Waals surface area contributed by atoms with Crippen LogP contribution < -0.4 is 10.0 Å². The average Bonchev–Trinajstić information content (AvgIpc) is 2.49. The van der Waals surface area contributed by atoms with Gasteiger partial charge in [0.05, 0.1) is 5.69 Å². The molecular weight excluding hydrogens is 304 g/mol. The minimum absolute atomic E-state index is 0.134. The maximum Gasteiger partial charge on any atom is 0.242 e. The summed E-state index contributed by atoms with van der Waals surface area (Å²) in [5, 5.41) is 3.33. The van der Waals surface area contributed by atoms with Crippen molar-refractivity contribution in [3.05, 3.63) is 24.3 Å². The summed E-state index contributed by atoms with van der Waals surface area (Å²) >= 11 is 1.83. The van der Waals surface area contributed by atoms with Crippen LogP contribution in [0.3, 0.4) is 0 Å². The Bertz CT molecular complexity index is 532. The van der Waals surface area contributed by atoms with Crippen LogP contribution in [0, 0.1) is 0 Å². The number of sulfonamides is 1. The minimum Gasteiger partial charge on any atom is -0.383 e. The lowest BCUT2D eigenvalue weighted by atomic mass is 10.0. The van der Waals surface area contributed by atoms with Crippen LogP contribution in [-0.4, -0.2) is 32.5 Å². The average molecular weight is 331 g/mol. The van der Waals surface area contributed by atoms with E-state index in [9.17, 15) is 8.42 Å². The van der Waals surface area contributed by atoms with E-state index in [4.69, 9.17) is 0 Å². The molecule has 0 saturated heterocycles. The van der Waals surface area contributed by atoms with Gasteiger partial charge in [-0.05, 0) is 31.2 Å². The summed E-state index contributed by atoms with van der Waals surface area (Å²) in [6.45, 7) is 7.25. The van der Waals surface area contributed by atoms with Crippen molar-refractivity contribution in [2.24, 2.45) is 0 Å². The van der Waals surface area contributed by atoms with Crippen molar-refractivity contribution in [2.75, 3.05) is 24.7 Å². The van der Waals surface area contributed by atoms with E-state index < -0.39 is 10.0 Å². The van der Waals surface area contributed by atoms with Crippen LogP contribution in [0.1, 0.15) is 33.6 Å². The predicted octanol–water partition coefficient (Wildman–Crippen LogP) is 3.32. The molecule has 2 N–H and O–H groups in total. The van der Waals surface area contributed by atoms with Crippen LogP contribution >= 0.6 is 11.8 Å². The van der Waals surface area contributed by atoms with E-state index in [2.05, 4.69) is 30.1 Å². The number of thioether (sulfide) groups is 1. The molecule has 0 aliphatic carbocycles. The molecule has 0 saturated carbocycles. The van der Waals surface area contributed by atoms with E-state index >= 15 is 0 Å². The van der Waals surface area contributed by atoms with Gasteiger partial charge in [-0.2, -0.15) is 11.8 Å². The third kappa shape index (κ3) is 4.63. The Balaban J connectivity index is 3.00. The fourth-order valence-electron chi connectivity index (χ4n) is 2.23. The van der Waals surface area contributed by atoms with Crippen molar-refractivity contribution in [3.63, 3.8) is 0 Å². The smallest absolute Gasteiger partial charge is 0.242 e. The van der Waals surface area contributed by atoms with Gasteiger partial charge in [-0.25, -0.2) is 13.1 Å². The molecule has 0 radical (unpaired) electrons. The second kappa shape index (κ2) is 8.06. The standard InChI is InChI=1S/C15H26N2O2S2/c1-5-15(6-2,20-4)12-16-13-10-8-9-11-14(13)21(18,19)17-7-3/h8-11,16-17H,5-7,12H2,1-4H3. The number of anilines is 1. The SMILES string of the molecule is CCNS(=O)(=O)c1ccccc1NCC(CC)(CC)SC. The highest BCUT2D eigenvalue weighted by Gasteiger charge is 2.25. The fraction of sp³-hybridized carbons (Fsp3) is 0.600. The van der Waals surface area contributed by atoms with Crippen molar-refractivity contribution in [2.45, 2.75) is 43.3 Å². The van der Waals surface area contributed by atoms with Gasteiger partial charge in [0.25, 0.3) is 0 Å². The van der Waals surface area contributed by atoms with Gasteiger partial charge in [0.1, 0.15) is 4.90 Å². The molecule has 0 heterocycles. The Kier molecular flexibility index (Phi) is 7.03. The lowest BCUT2D eigenvalue weighted by molar-refractivity contribution is 0.572. The van der Waals surface area contributed by atoms with Crippen LogP contribution in [0.4, 0.5) is 5.69 Å². The molecule has 0 spiro atoms. The first-order valence-corrected chi connectivity index (χ1v) is 10.0. The fourth-order valence-corrected chi connectivity index (χ4v) is 4.25. The monoisotopic (exact) mass is 330 g/mol. The van der Waals surface area contributed by atoms with Crippen LogP contribution in [0.2, 0.25) is 0 Å². The number of hydrogen-bond acceptors (Lipinski definition) is 4. The number of nitrogens with one attached hydrogen (secondary N) is 2. The number of rotatable bonds is 9. The number of hydrogen-bond donors (Lipinski definition) is 2. The zero-order chi connectivity index (χ0) is 15.9. The summed E-state index contributed by atoms with van der Waals surface area (Å²) in [4.78, 5) is 0.314. The summed E-state index contributed by atoms with van der Waals surface area (Å²) in [5.41, 5.74) is 0.666. The Morgan fingerprint density at radius 1 is 1.14 bits per heavy atom. The van der Waals surface area contributed by atoms with Gasteiger partial charge < -0.3 is 5.32 Å². The van der Waals surface area contributed by atoms with E-state index in [-0.39, 0.29) is 4.75 Å². The third-order valence-corrected chi connectivity index (χ3v) is 7.03. The maximum atomic E-state index is 12.2. The van der Waals surface area contributed by atoms with Crippen molar-refractivity contribution in [1.29, 1.82) is 0 Å². The van der Waals surface area contributed by atoms with Gasteiger partial charge >= 0.3 is 0 Å². The molecule has 120 valence electrons. The molecule has 0 amide bonds. The summed E-state index contributed by atoms with van der Waals surface area (Å²) < 4.78 is 27.1. The van der Waals surface area contributed by atoms with E-state index in [1.54, 1.807) is 19.1 Å². The zero-order valence-electron chi connectivity index (χ0n) is 13.3. The van der Waals surface area contributed by atoms with Crippen LogP contribution in [0.15, 0.2) is 29.2 Å². The van der Waals surface area contributed by atoms with Gasteiger partial charge in [-0.3, -0.25) is 0 Å².